The lowest BCUT2D eigenvalue weighted by molar-refractivity contribution is -0.148. The van der Waals surface area contributed by atoms with Gasteiger partial charge in [-0.2, -0.15) is 0 Å². The maximum Gasteiger partial charge on any atom is 0.324 e. The summed E-state index contributed by atoms with van der Waals surface area (Å²) in [6.07, 6.45) is 6.59. The van der Waals surface area contributed by atoms with E-state index in [9.17, 15) is 9.90 Å². The fourth-order valence-electron chi connectivity index (χ4n) is 2.23. The molecule has 4 heteroatoms. The minimum absolute atomic E-state index is 0.0945. The highest BCUT2D eigenvalue weighted by Gasteiger charge is 2.45. The van der Waals surface area contributed by atoms with Crippen molar-refractivity contribution in [1.82, 2.24) is 10.6 Å². The summed E-state index contributed by atoms with van der Waals surface area (Å²) in [6, 6.07) is 0. The number of terminal acetylenes is 1. The van der Waals surface area contributed by atoms with Crippen LogP contribution in [0.1, 0.15) is 19.8 Å². The molecule has 1 aliphatic rings. The van der Waals surface area contributed by atoms with Crippen molar-refractivity contribution in [3.8, 4) is 12.3 Å². The van der Waals surface area contributed by atoms with Gasteiger partial charge in [-0.1, -0.05) is 12.8 Å². The van der Waals surface area contributed by atoms with Gasteiger partial charge in [-0.3, -0.25) is 10.1 Å². The first-order valence-corrected chi connectivity index (χ1v) is 5.30. The first-order valence-electron chi connectivity index (χ1n) is 5.30. The molecule has 0 radical (unpaired) electrons. The van der Waals surface area contributed by atoms with Crippen LogP contribution in [0.3, 0.4) is 0 Å². The van der Waals surface area contributed by atoms with Crippen molar-refractivity contribution in [2.75, 3.05) is 19.6 Å². The molecule has 15 heavy (non-hydrogen) atoms. The third kappa shape index (κ3) is 2.31. The molecule has 0 bridgehead atoms. The van der Waals surface area contributed by atoms with Crippen LogP contribution in [-0.4, -0.2) is 36.2 Å². The van der Waals surface area contributed by atoms with Gasteiger partial charge in [0.05, 0.1) is 6.54 Å². The average molecular weight is 210 g/mol. The lowest BCUT2D eigenvalue weighted by Crippen LogP contribution is -2.63. The molecule has 2 atom stereocenters. The first kappa shape index (κ1) is 12.0. The molecule has 0 aromatic carbocycles. The Morgan fingerprint density at radius 3 is 3.07 bits per heavy atom. The Labute approximate surface area is 90.4 Å². The third-order valence-corrected chi connectivity index (χ3v) is 3.16. The normalized spacial score (nSPS) is 30.8. The van der Waals surface area contributed by atoms with Crippen molar-refractivity contribution < 1.29 is 9.90 Å². The zero-order valence-electron chi connectivity index (χ0n) is 9.05. The molecule has 0 aromatic heterocycles. The number of carboxylic acid groups (broad SMARTS) is 1. The number of hydrogen-bond donors (Lipinski definition) is 3. The summed E-state index contributed by atoms with van der Waals surface area (Å²) >= 11 is 0. The molecule has 1 heterocycles. The average Bonchev–Trinajstić information content (AvgIpc) is 2.26. The lowest BCUT2D eigenvalue weighted by atomic mass is 9.77. The summed E-state index contributed by atoms with van der Waals surface area (Å²) in [5.74, 6) is 1.75. The van der Waals surface area contributed by atoms with Crippen LogP contribution in [0.15, 0.2) is 0 Å². The van der Waals surface area contributed by atoms with Crippen molar-refractivity contribution in [3.63, 3.8) is 0 Å². The van der Waals surface area contributed by atoms with E-state index in [2.05, 4.69) is 16.6 Å². The Hall–Kier alpha value is -1.05. The number of carboxylic acids is 1. The second-order valence-corrected chi connectivity index (χ2v) is 3.89. The summed E-state index contributed by atoms with van der Waals surface area (Å²) in [5, 5.41) is 15.6. The Morgan fingerprint density at radius 2 is 2.53 bits per heavy atom. The van der Waals surface area contributed by atoms with E-state index in [-0.39, 0.29) is 5.92 Å². The minimum Gasteiger partial charge on any atom is -0.480 e. The van der Waals surface area contributed by atoms with Gasteiger partial charge in [-0.25, -0.2) is 0 Å². The fraction of sp³-hybridized carbons (Fsp3) is 0.727. The van der Waals surface area contributed by atoms with Gasteiger partial charge in [0, 0.05) is 12.5 Å². The number of aliphatic carboxylic acids is 1. The lowest BCUT2D eigenvalue weighted by Gasteiger charge is -2.41. The van der Waals surface area contributed by atoms with Gasteiger partial charge in [-0.15, -0.1) is 6.42 Å². The number of rotatable bonds is 4. The molecule has 1 fully saturated rings. The smallest absolute Gasteiger partial charge is 0.324 e. The van der Waals surface area contributed by atoms with E-state index in [1.54, 1.807) is 0 Å². The monoisotopic (exact) mass is 210 g/mol. The van der Waals surface area contributed by atoms with Gasteiger partial charge in [0.25, 0.3) is 0 Å². The summed E-state index contributed by atoms with van der Waals surface area (Å²) in [5.41, 5.74) is -0.841. The third-order valence-electron chi connectivity index (χ3n) is 3.16. The molecule has 0 aliphatic carbocycles. The highest BCUT2D eigenvalue weighted by Crippen LogP contribution is 2.27. The topological polar surface area (TPSA) is 61.4 Å². The van der Waals surface area contributed by atoms with E-state index in [0.717, 1.165) is 19.5 Å². The molecule has 1 aliphatic heterocycles. The van der Waals surface area contributed by atoms with Gasteiger partial charge in [0.1, 0.15) is 5.54 Å². The van der Waals surface area contributed by atoms with E-state index in [1.165, 1.54) is 0 Å². The van der Waals surface area contributed by atoms with Gasteiger partial charge in [0.15, 0.2) is 0 Å². The second-order valence-electron chi connectivity index (χ2n) is 3.89. The van der Waals surface area contributed by atoms with E-state index >= 15 is 0 Å². The van der Waals surface area contributed by atoms with Crippen molar-refractivity contribution >= 4 is 5.97 Å². The van der Waals surface area contributed by atoms with E-state index in [0.29, 0.717) is 13.0 Å². The summed E-state index contributed by atoms with van der Waals surface area (Å²) in [4.78, 5) is 11.4. The molecule has 84 valence electrons. The largest absolute Gasteiger partial charge is 0.480 e. The number of nitrogens with one attached hydrogen (secondary N) is 2. The van der Waals surface area contributed by atoms with E-state index in [4.69, 9.17) is 6.42 Å². The van der Waals surface area contributed by atoms with Crippen LogP contribution >= 0.6 is 0 Å². The van der Waals surface area contributed by atoms with Crippen LogP contribution in [0.5, 0.6) is 0 Å². The predicted molar refractivity (Wildman–Crippen MR) is 58.5 cm³/mol. The Bertz CT molecular complexity index is 272. The molecule has 4 nitrogen and oxygen atoms in total. The second kappa shape index (κ2) is 5.15. The molecule has 2 unspecified atom stereocenters. The molecular formula is C11H18N2O2. The molecular weight excluding hydrogens is 192 g/mol. The molecule has 0 spiro atoms. The highest BCUT2D eigenvalue weighted by atomic mass is 16.4. The van der Waals surface area contributed by atoms with Gasteiger partial charge in [-0.05, 0) is 19.4 Å². The predicted octanol–water partition coefficient (Wildman–Crippen LogP) is 0.0521. The maximum atomic E-state index is 11.4. The van der Waals surface area contributed by atoms with Crippen LogP contribution in [0.4, 0.5) is 0 Å². The van der Waals surface area contributed by atoms with Crippen molar-refractivity contribution in [1.29, 1.82) is 0 Å². The van der Waals surface area contributed by atoms with Crippen LogP contribution in [0.25, 0.3) is 0 Å². The minimum atomic E-state index is -0.841. The first-order chi connectivity index (χ1) is 7.17. The van der Waals surface area contributed by atoms with E-state index in [1.807, 2.05) is 6.92 Å². The number of carbonyl (C=O) groups is 1. The standard InChI is InChI=1S/C11H18N2O2/c1-3-6-13-11(10(14)15)5-7-12-8-9(11)4-2/h1,9,12-13H,4-8H2,2H3,(H,14,15). The summed E-state index contributed by atoms with van der Waals surface area (Å²) in [7, 11) is 0. The molecule has 0 aromatic rings. The SMILES string of the molecule is C#CCNC1(C(=O)O)CCNCC1CC. The van der Waals surface area contributed by atoms with Gasteiger partial charge < -0.3 is 10.4 Å². The highest BCUT2D eigenvalue weighted by molar-refractivity contribution is 5.79. The van der Waals surface area contributed by atoms with E-state index < -0.39 is 11.5 Å². The molecule has 3 N–H and O–H groups in total. The van der Waals surface area contributed by atoms with Crippen LogP contribution in [-0.2, 0) is 4.79 Å². The zero-order valence-corrected chi connectivity index (χ0v) is 9.05. The molecule has 1 saturated heterocycles. The van der Waals surface area contributed by atoms with Crippen LogP contribution in [0, 0.1) is 18.3 Å². The number of piperidine rings is 1. The Kier molecular flexibility index (Phi) is 4.13. The van der Waals surface area contributed by atoms with Gasteiger partial charge in [0.2, 0.25) is 0 Å². The van der Waals surface area contributed by atoms with Crippen LogP contribution < -0.4 is 10.6 Å². The summed E-state index contributed by atoms with van der Waals surface area (Å²) in [6.45, 7) is 3.77. The maximum absolute atomic E-state index is 11.4. The quantitative estimate of drug-likeness (QED) is 0.574. The molecule has 1 rings (SSSR count). The fourth-order valence-corrected chi connectivity index (χ4v) is 2.23. The number of hydrogen-bond acceptors (Lipinski definition) is 3. The molecule has 0 saturated carbocycles. The Morgan fingerprint density at radius 1 is 1.80 bits per heavy atom. The van der Waals surface area contributed by atoms with Crippen molar-refractivity contribution in [2.24, 2.45) is 5.92 Å². The van der Waals surface area contributed by atoms with Crippen LogP contribution in [0.2, 0.25) is 0 Å². The molecule has 0 amide bonds. The van der Waals surface area contributed by atoms with Gasteiger partial charge >= 0.3 is 5.97 Å². The van der Waals surface area contributed by atoms with Crippen molar-refractivity contribution in [2.45, 2.75) is 25.3 Å². The summed E-state index contributed by atoms with van der Waals surface area (Å²) < 4.78 is 0. The van der Waals surface area contributed by atoms with Crippen molar-refractivity contribution in [3.05, 3.63) is 0 Å². The zero-order chi connectivity index (χ0) is 11.3. The Balaban J connectivity index is 2.85.